The number of nitrogens with zero attached hydrogens (tertiary/aromatic N) is 5. The molecule has 1 atom stereocenters. The van der Waals surface area contributed by atoms with E-state index in [0.717, 1.165) is 63.1 Å². The summed E-state index contributed by atoms with van der Waals surface area (Å²) in [6.45, 7) is 6.85. The van der Waals surface area contributed by atoms with Crippen LogP contribution in [0.4, 0.5) is 11.6 Å². The van der Waals surface area contributed by atoms with Crippen molar-refractivity contribution < 1.29 is 5.11 Å². The topological polar surface area (TPSA) is 55.7 Å². The smallest absolute Gasteiger partial charge is 0.134 e. The SMILES string of the molecule is OCC1CCCN1c1cc(N2CCN(CC3CC3)CC2)ncn1. The summed E-state index contributed by atoms with van der Waals surface area (Å²) < 4.78 is 0. The van der Waals surface area contributed by atoms with E-state index < -0.39 is 0 Å². The van der Waals surface area contributed by atoms with Crippen LogP contribution in [0.25, 0.3) is 0 Å². The minimum Gasteiger partial charge on any atom is -0.394 e. The molecule has 1 unspecified atom stereocenters. The highest BCUT2D eigenvalue weighted by atomic mass is 16.3. The molecule has 2 aliphatic heterocycles. The lowest BCUT2D eigenvalue weighted by atomic mass is 10.2. The van der Waals surface area contributed by atoms with Gasteiger partial charge in [-0.2, -0.15) is 0 Å². The fourth-order valence-corrected chi connectivity index (χ4v) is 3.82. The second kappa shape index (κ2) is 6.61. The molecule has 1 saturated carbocycles. The number of piperazine rings is 1. The van der Waals surface area contributed by atoms with E-state index in [4.69, 9.17) is 0 Å². The molecule has 6 heteroatoms. The molecule has 0 radical (unpaired) electrons. The Morgan fingerprint density at radius 1 is 1.00 bits per heavy atom. The van der Waals surface area contributed by atoms with Crippen molar-refractivity contribution in [2.45, 2.75) is 31.7 Å². The molecule has 23 heavy (non-hydrogen) atoms. The Morgan fingerprint density at radius 2 is 1.78 bits per heavy atom. The van der Waals surface area contributed by atoms with Crippen LogP contribution in [0.3, 0.4) is 0 Å². The summed E-state index contributed by atoms with van der Waals surface area (Å²) in [5.41, 5.74) is 0. The summed E-state index contributed by atoms with van der Waals surface area (Å²) in [5, 5.41) is 9.52. The highest BCUT2D eigenvalue weighted by molar-refractivity contribution is 5.51. The van der Waals surface area contributed by atoms with Crippen LogP contribution in [0.15, 0.2) is 12.4 Å². The first-order valence-corrected chi connectivity index (χ1v) is 9.00. The molecular formula is C17H27N5O. The Hall–Kier alpha value is -1.40. The largest absolute Gasteiger partial charge is 0.394 e. The van der Waals surface area contributed by atoms with Crippen LogP contribution in [-0.4, -0.2) is 71.9 Å². The number of aliphatic hydroxyl groups excluding tert-OH is 1. The van der Waals surface area contributed by atoms with E-state index in [-0.39, 0.29) is 12.6 Å². The Labute approximate surface area is 138 Å². The zero-order chi connectivity index (χ0) is 15.6. The first kappa shape index (κ1) is 15.1. The molecule has 1 aliphatic carbocycles. The van der Waals surface area contributed by atoms with Gasteiger partial charge in [-0.15, -0.1) is 0 Å². The monoisotopic (exact) mass is 317 g/mol. The molecule has 1 aromatic heterocycles. The maximum Gasteiger partial charge on any atom is 0.134 e. The van der Waals surface area contributed by atoms with Crippen LogP contribution >= 0.6 is 0 Å². The van der Waals surface area contributed by atoms with Gasteiger partial charge in [0.05, 0.1) is 12.6 Å². The van der Waals surface area contributed by atoms with Crippen molar-refractivity contribution >= 4 is 11.6 Å². The van der Waals surface area contributed by atoms with Gasteiger partial charge in [0.2, 0.25) is 0 Å². The molecule has 4 rings (SSSR count). The van der Waals surface area contributed by atoms with Crippen LogP contribution in [-0.2, 0) is 0 Å². The van der Waals surface area contributed by atoms with Gasteiger partial charge >= 0.3 is 0 Å². The van der Waals surface area contributed by atoms with Gasteiger partial charge in [0.25, 0.3) is 0 Å². The fourth-order valence-electron chi connectivity index (χ4n) is 3.82. The lowest BCUT2D eigenvalue weighted by Gasteiger charge is -2.35. The Kier molecular flexibility index (Phi) is 4.35. The number of rotatable bonds is 5. The van der Waals surface area contributed by atoms with Gasteiger partial charge in [-0.25, -0.2) is 9.97 Å². The average molecular weight is 317 g/mol. The van der Waals surface area contributed by atoms with Crippen molar-refractivity contribution in [1.29, 1.82) is 0 Å². The molecule has 3 fully saturated rings. The zero-order valence-electron chi connectivity index (χ0n) is 13.8. The van der Waals surface area contributed by atoms with Crippen molar-refractivity contribution in [2.75, 3.05) is 55.7 Å². The van der Waals surface area contributed by atoms with Gasteiger partial charge in [0, 0.05) is 45.3 Å². The van der Waals surface area contributed by atoms with Crippen LogP contribution in [0.5, 0.6) is 0 Å². The Morgan fingerprint density at radius 3 is 2.52 bits per heavy atom. The maximum atomic E-state index is 9.52. The zero-order valence-corrected chi connectivity index (χ0v) is 13.8. The fraction of sp³-hybridized carbons (Fsp3) is 0.765. The Bertz CT molecular complexity index is 527. The minimum atomic E-state index is 0.208. The van der Waals surface area contributed by atoms with E-state index in [1.54, 1.807) is 6.33 Å². The first-order chi connectivity index (χ1) is 11.3. The molecule has 6 nitrogen and oxygen atoms in total. The van der Waals surface area contributed by atoms with Gasteiger partial charge in [-0.1, -0.05) is 0 Å². The third-order valence-electron chi connectivity index (χ3n) is 5.43. The summed E-state index contributed by atoms with van der Waals surface area (Å²) in [5.74, 6) is 2.97. The second-order valence-corrected chi connectivity index (χ2v) is 7.14. The molecule has 0 aromatic carbocycles. The molecular weight excluding hydrogens is 290 g/mol. The van der Waals surface area contributed by atoms with Gasteiger partial charge in [-0.05, 0) is 31.6 Å². The molecule has 0 bridgehead atoms. The van der Waals surface area contributed by atoms with Crippen LogP contribution in [0.1, 0.15) is 25.7 Å². The minimum absolute atomic E-state index is 0.208. The van der Waals surface area contributed by atoms with Crippen LogP contribution in [0.2, 0.25) is 0 Å². The third kappa shape index (κ3) is 3.43. The average Bonchev–Trinajstić information content (AvgIpc) is 3.28. The predicted molar refractivity (Wildman–Crippen MR) is 90.9 cm³/mol. The summed E-state index contributed by atoms with van der Waals surface area (Å²) in [6.07, 6.45) is 6.71. The van der Waals surface area contributed by atoms with E-state index in [1.807, 2.05) is 0 Å². The lowest BCUT2D eigenvalue weighted by Crippen LogP contribution is -2.47. The normalized spacial score (nSPS) is 26.0. The standard InChI is InChI=1S/C17H27N5O/c23-12-15-2-1-5-22(15)17-10-16(18-13-19-17)21-8-6-20(7-9-21)11-14-3-4-14/h10,13-15,23H,1-9,11-12H2. The van der Waals surface area contributed by atoms with Crippen molar-refractivity contribution in [1.82, 2.24) is 14.9 Å². The van der Waals surface area contributed by atoms with Crippen LogP contribution in [0, 0.1) is 5.92 Å². The van der Waals surface area contributed by atoms with Gasteiger partial charge in [0.1, 0.15) is 18.0 Å². The molecule has 0 spiro atoms. The molecule has 126 valence electrons. The third-order valence-corrected chi connectivity index (χ3v) is 5.43. The maximum absolute atomic E-state index is 9.52. The van der Waals surface area contributed by atoms with Crippen molar-refractivity contribution in [3.63, 3.8) is 0 Å². The molecule has 3 heterocycles. The summed E-state index contributed by atoms with van der Waals surface area (Å²) >= 11 is 0. The number of hydrogen-bond donors (Lipinski definition) is 1. The molecule has 1 N–H and O–H groups in total. The first-order valence-electron chi connectivity index (χ1n) is 9.00. The quantitative estimate of drug-likeness (QED) is 0.873. The number of aliphatic hydroxyl groups is 1. The van der Waals surface area contributed by atoms with E-state index in [1.165, 1.54) is 19.4 Å². The molecule has 2 saturated heterocycles. The van der Waals surface area contributed by atoms with Gasteiger partial charge < -0.3 is 14.9 Å². The number of aromatic nitrogens is 2. The van der Waals surface area contributed by atoms with Gasteiger partial charge in [-0.3, -0.25) is 4.90 Å². The van der Waals surface area contributed by atoms with E-state index in [9.17, 15) is 5.11 Å². The summed E-state index contributed by atoms with van der Waals surface area (Å²) in [7, 11) is 0. The van der Waals surface area contributed by atoms with E-state index in [2.05, 4.69) is 30.7 Å². The van der Waals surface area contributed by atoms with Crippen molar-refractivity contribution in [3.8, 4) is 0 Å². The predicted octanol–water partition coefficient (Wildman–Crippen LogP) is 0.970. The second-order valence-electron chi connectivity index (χ2n) is 7.14. The van der Waals surface area contributed by atoms with Crippen molar-refractivity contribution in [2.24, 2.45) is 5.92 Å². The van der Waals surface area contributed by atoms with E-state index >= 15 is 0 Å². The lowest BCUT2D eigenvalue weighted by molar-refractivity contribution is 0.247. The van der Waals surface area contributed by atoms with E-state index in [0.29, 0.717) is 0 Å². The molecule has 3 aliphatic rings. The number of hydrogen-bond acceptors (Lipinski definition) is 6. The van der Waals surface area contributed by atoms with Crippen LogP contribution < -0.4 is 9.80 Å². The Balaban J connectivity index is 1.40. The number of anilines is 2. The summed E-state index contributed by atoms with van der Waals surface area (Å²) in [4.78, 5) is 16.1. The highest BCUT2D eigenvalue weighted by Gasteiger charge is 2.28. The van der Waals surface area contributed by atoms with Crippen molar-refractivity contribution in [3.05, 3.63) is 12.4 Å². The molecule has 1 aromatic rings. The van der Waals surface area contributed by atoms with Gasteiger partial charge in [0.15, 0.2) is 0 Å². The molecule has 0 amide bonds. The summed E-state index contributed by atoms with van der Waals surface area (Å²) in [6, 6.07) is 2.32. The highest BCUT2D eigenvalue weighted by Crippen LogP contribution is 2.30.